The van der Waals surface area contributed by atoms with Crippen molar-refractivity contribution in [3.8, 4) is 0 Å². The molecule has 0 aromatic carbocycles. The van der Waals surface area contributed by atoms with Crippen molar-refractivity contribution in [1.29, 1.82) is 0 Å². The fourth-order valence-electron chi connectivity index (χ4n) is 3.57. The van der Waals surface area contributed by atoms with Gasteiger partial charge in [0, 0.05) is 11.6 Å². The summed E-state index contributed by atoms with van der Waals surface area (Å²) in [6, 6.07) is -0.0462. The summed E-state index contributed by atoms with van der Waals surface area (Å²) in [7, 11) is 0. The molecular formula is C21H39NO3. The van der Waals surface area contributed by atoms with Gasteiger partial charge in [-0.1, -0.05) is 62.0 Å². The summed E-state index contributed by atoms with van der Waals surface area (Å²) in [4.78, 5) is 26.4. The summed E-state index contributed by atoms with van der Waals surface area (Å²) in [6.45, 7) is 22.0. The third-order valence-corrected chi connectivity index (χ3v) is 4.89. The van der Waals surface area contributed by atoms with Gasteiger partial charge in [-0.15, -0.1) is 0 Å². The van der Waals surface area contributed by atoms with Crippen LogP contribution in [0.15, 0.2) is 12.3 Å². The van der Waals surface area contributed by atoms with Crippen LogP contribution in [-0.2, 0) is 14.3 Å². The molecule has 2 aliphatic heterocycles. The van der Waals surface area contributed by atoms with Crippen molar-refractivity contribution in [2.75, 3.05) is 0 Å². The maximum Gasteiger partial charge on any atom is 0.309 e. The summed E-state index contributed by atoms with van der Waals surface area (Å²) in [5.74, 6) is 0.545. The number of hydrogen-bond donors (Lipinski definition) is 0. The molecule has 2 saturated heterocycles. The number of esters is 1. The van der Waals surface area contributed by atoms with Crippen LogP contribution in [-0.4, -0.2) is 28.9 Å². The van der Waals surface area contributed by atoms with Crippen molar-refractivity contribution < 1.29 is 14.3 Å². The zero-order valence-electron chi connectivity index (χ0n) is 17.8. The number of allylic oxidation sites excluding steroid dienone is 1. The van der Waals surface area contributed by atoms with E-state index in [-0.39, 0.29) is 41.8 Å². The zero-order chi connectivity index (χ0) is 19.9. The van der Waals surface area contributed by atoms with Crippen molar-refractivity contribution in [2.24, 2.45) is 23.7 Å². The van der Waals surface area contributed by atoms with Crippen molar-refractivity contribution in [1.82, 2.24) is 4.90 Å². The number of rotatable bonds is 4. The molecular weight excluding hydrogens is 314 g/mol. The molecule has 4 nitrogen and oxygen atoms in total. The number of nitrogens with zero attached hydrogens (tertiary/aromatic N) is 1. The predicted molar refractivity (Wildman–Crippen MR) is 104 cm³/mol. The molecule has 1 amide bonds. The van der Waals surface area contributed by atoms with E-state index in [1.165, 1.54) is 0 Å². The van der Waals surface area contributed by atoms with Crippen molar-refractivity contribution >= 4 is 11.9 Å². The van der Waals surface area contributed by atoms with Crippen LogP contribution in [0.25, 0.3) is 0 Å². The molecule has 146 valence electrons. The van der Waals surface area contributed by atoms with Gasteiger partial charge >= 0.3 is 5.97 Å². The molecule has 0 aromatic rings. The lowest BCUT2D eigenvalue weighted by atomic mass is 9.88. The van der Waals surface area contributed by atoms with Crippen LogP contribution in [0.1, 0.15) is 75.2 Å². The summed E-state index contributed by atoms with van der Waals surface area (Å²) < 4.78 is 5.60. The molecule has 25 heavy (non-hydrogen) atoms. The Morgan fingerprint density at radius 1 is 1.00 bits per heavy atom. The lowest BCUT2D eigenvalue weighted by Gasteiger charge is -2.28. The number of likely N-dealkylation sites (tertiary alicyclic amines) is 1. The standard InChI is InChI=1S/C17H27NO3.2C2H6/c1-9(2)12-7-14(18(11(5)6)16(12)19)15-8-13(10(3)4)17(20)21-15;2*1-2/h9-10,12-15H,5,7-8H2,1-4,6H3;2*1-2H3/t12?,13-,14?,15?;;/m0../s1. The molecule has 3 unspecified atom stereocenters. The van der Waals surface area contributed by atoms with Gasteiger partial charge in [-0.3, -0.25) is 9.59 Å². The largest absolute Gasteiger partial charge is 0.460 e. The van der Waals surface area contributed by atoms with E-state index < -0.39 is 0 Å². The highest BCUT2D eigenvalue weighted by Crippen LogP contribution is 2.39. The Morgan fingerprint density at radius 2 is 1.48 bits per heavy atom. The second-order valence-corrected chi connectivity index (χ2v) is 7.16. The van der Waals surface area contributed by atoms with Crippen LogP contribution < -0.4 is 0 Å². The molecule has 0 bridgehead atoms. The normalized spacial score (nSPS) is 28.4. The molecule has 2 fully saturated rings. The molecule has 0 radical (unpaired) electrons. The second-order valence-electron chi connectivity index (χ2n) is 7.16. The first-order valence-corrected chi connectivity index (χ1v) is 9.93. The lowest BCUT2D eigenvalue weighted by molar-refractivity contribution is -0.148. The molecule has 2 rings (SSSR count). The fourth-order valence-corrected chi connectivity index (χ4v) is 3.57. The van der Waals surface area contributed by atoms with Gasteiger partial charge in [0.1, 0.15) is 6.10 Å². The SMILES string of the molecule is C=C(C)N1C(=O)C(C(C)C)CC1C1C[C@@H](C(C)C)C(=O)O1.CC.CC. The molecule has 4 heteroatoms. The minimum Gasteiger partial charge on any atom is -0.460 e. The molecule has 4 atom stereocenters. The first kappa shape index (κ1) is 23.7. The Hall–Kier alpha value is -1.32. The smallest absolute Gasteiger partial charge is 0.309 e. The summed E-state index contributed by atoms with van der Waals surface area (Å²) >= 11 is 0. The molecule has 0 spiro atoms. The van der Waals surface area contributed by atoms with E-state index in [0.29, 0.717) is 12.3 Å². The van der Waals surface area contributed by atoms with E-state index in [1.807, 2.05) is 48.5 Å². The van der Waals surface area contributed by atoms with E-state index >= 15 is 0 Å². The van der Waals surface area contributed by atoms with Crippen LogP contribution in [0.4, 0.5) is 0 Å². The second kappa shape index (κ2) is 10.6. The van der Waals surface area contributed by atoms with Crippen molar-refractivity contribution in [2.45, 2.75) is 87.3 Å². The Balaban J connectivity index is 0.00000134. The Labute approximate surface area is 155 Å². The van der Waals surface area contributed by atoms with Crippen LogP contribution in [0.5, 0.6) is 0 Å². The number of carbonyl (C=O) groups is 2. The third kappa shape index (κ3) is 5.32. The van der Waals surface area contributed by atoms with Gasteiger partial charge in [-0.2, -0.15) is 0 Å². The minimum absolute atomic E-state index is 0.00324. The van der Waals surface area contributed by atoms with Crippen molar-refractivity contribution in [3.05, 3.63) is 12.3 Å². The Bertz CT molecular complexity index is 456. The molecule has 0 aromatic heterocycles. The van der Waals surface area contributed by atoms with Gasteiger partial charge in [0.25, 0.3) is 0 Å². The van der Waals surface area contributed by atoms with Gasteiger partial charge in [-0.05, 0) is 31.6 Å². The Kier molecular flexibility index (Phi) is 10.1. The monoisotopic (exact) mass is 353 g/mol. The number of ether oxygens (including phenoxy) is 1. The van der Waals surface area contributed by atoms with Crippen LogP contribution >= 0.6 is 0 Å². The molecule has 2 heterocycles. The van der Waals surface area contributed by atoms with E-state index in [2.05, 4.69) is 20.4 Å². The average molecular weight is 354 g/mol. The zero-order valence-corrected chi connectivity index (χ0v) is 17.8. The highest BCUT2D eigenvalue weighted by molar-refractivity contribution is 5.84. The molecule has 0 aliphatic carbocycles. The summed E-state index contributed by atoms with van der Waals surface area (Å²) in [5, 5.41) is 0. The number of cyclic esters (lactones) is 1. The van der Waals surface area contributed by atoms with Gasteiger partial charge in [0.15, 0.2) is 0 Å². The van der Waals surface area contributed by atoms with Crippen LogP contribution in [0, 0.1) is 23.7 Å². The summed E-state index contributed by atoms with van der Waals surface area (Å²) in [6.07, 6.45) is 1.28. The van der Waals surface area contributed by atoms with Crippen LogP contribution in [0.3, 0.4) is 0 Å². The van der Waals surface area contributed by atoms with E-state index in [1.54, 1.807) is 4.90 Å². The average Bonchev–Trinajstić information content (AvgIpc) is 3.11. The van der Waals surface area contributed by atoms with E-state index in [0.717, 1.165) is 12.1 Å². The number of amides is 1. The summed E-state index contributed by atoms with van der Waals surface area (Å²) in [5.41, 5.74) is 0.747. The van der Waals surface area contributed by atoms with Crippen molar-refractivity contribution in [3.63, 3.8) is 0 Å². The topological polar surface area (TPSA) is 46.6 Å². The first-order valence-electron chi connectivity index (χ1n) is 9.93. The van der Waals surface area contributed by atoms with Gasteiger partial charge in [0.05, 0.1) is 12.0 Å². The minimum atomic E-state index is -0.186. The molecule has 2 aliphatic rings. The Morgan fingerprint density at radius 3 is 1.84 bits per heavy atom. The number of carbonyl (C=O) groups excluding carboxylic acids is 2. The quantitative estimate of drug-likeness (QED) is 0.666. The van der Waals surface area contributed by atoms with Gasteiger partial charge in [-0.25, -0.2) is 0 Å². The first-order chi connectivity index (χ1) is 11.7. The lowest BCUT2D eigenvalue weighted by Crippen LogP contribution is -2.40. The van der Waals surface area contributed by atoms with Gasteiger partial charge in [0.2, 0.25) is 5.91 Å². The van der Waals surface area contributed by atoms with Gasteiger partial charge < -0.3 is 9.64 Å². The maximum atomic E-state index is 12.6. The van der Waals surface area contributed by atoms with E-state index in [9.17, 15) is 9.59 Å². The highest BCUT2D eigenvalue weighted by atomic mass is 16.6. The highest BCUT2D eigenvalue weighted by Gasteiger charge is 2.49. The van der Waals surface area contributed by atoms with Crippen LogP contribution in [0.2, 0.25) is 0 Å². The predicted octanol–water partition coefficient (Wildman–Crippen LogP) is 5.03. The van der Waals surface area contributed by atoms with E-state index in [4.69, 9.17) is 4.74 Å². The maximum absolute atomic E-state index is 12.6. The fraction of sp³-hybridized carbons (Fsp3) is 0.810. The third-order valence-electron chi connectivity index (χ3n) is 4.89. The number of hydrogen-bond acceptors (Lipinski definition) is 3. The molecule has 0 N–H and O–H groups in total. The molecule has 0 saturated carbocycles.